The zero-order chi connectivity index (χ0) is 12.7. The molecular weight excluding hydrogens is 250 g/mol. The first-order chi connectivity index (χ1) is 8.70. The molecule has 0 spiro atoms. The van der Waals surface area contributed by atoms with Crippen LogP contribution in [0.4, 0.5) is 5.69 Å². The Hall–Kier alpha value is -1.06. The standard InChI is InChI=1S/C14H16ClNO2/c15-12-3-1-2-10(8-17)14(12)16-6-9-4-5-13(18)11(9)7-16/h1-3,8-9,11,13,18H,4-7H2. The van der Waals surface area contributed by atoms with Crippen molar-refractivity contribution in [2.45, 2.75) is 18.9 Å². The Labute approximate surface area is 111 Å². The van der Waals surface area contributed by atoms with Gasteiger partial charge in [0.05, 0.1) is 16.8 Å². The molecule has 0 amide bonds. The molecule has 4 heteroatoms. The zero-order valence-corrected chi connectivity index (χ0v) is 10.8. The summed E-state index contributed by atoms with van der Waals surface area (Å²) in [6, 6.07) is 5.40. The molecule has 1 aliphatic carbocycles. The van der Waals surface area contributed by atoms with Gasteiger partial charge in [0.15, 0.2) is 6.29 Å². The number of hydrogen-bond acceptors (Lipinski definition) is 3. The number of aliphatic hydroxyl groups excluding tert-OH is 1. The minimum Gasteiger partial charge on any atom is -0.393 e. The van der Waals surface area contributed by atoms with Crippen molar-refractivity contribution in [3.05, 3.63) is 28.8 Å². The molecule has 1 heterocycles. The predicted octanol–water partition coefficient (Wildman–Crippen LogP) is 2.36. The molecule has 0 aromatic heterocycles. The third kappa shape index (κ3) is 1.82. The van der Waals surface area contributed by atoms with Crippen LogP contribution in [-0.2, 0) is 0 Å². The van der Waals surface area contributed by atoms with Crippen molar-refractivity contribution in [3.8, 4) is 0 Å². The molecule has 18 heavy (non-hydrogen) atoms. The lowest BCUT2D eigenvalue weighted by molar-refractivity contribution is 0.112. The normalized spacial score (nSPS) is 30.6. The van der Waals surface area contributed by atoms with Gasteiger partial charge in [-0.15, -0.1) is 0 Å². The summed E-state index contributed by atoms with van der Waals surface area (Å²) in [5.41, 5.74) is 1.47. The van der Waals surface area contributed by atoms with E-state index in [9.17, 15) is 9.90 Å². The topological polar surface area (TPSA) is 40.5 Å². The van der Waals surface area contributed by atoms with Crippen molar-refractivity contribution in [1.29, 1.82) is 0 Å². The third-order valence-corrected chi connectivity index (χ3v) is 4.59. The van der Waals surface area contributed by atoms with E-state index in [1.54, 1.807) is 12.1 Å². The van der Waals surface area contributed by atoms with E-state index in [-0.39, 0.29) is 6.10 Å². The van der Waals surface area contributed by atoms with Crippen LogP contribution < -0.4 is 4.90 Å². The van der Waals surface area contributed by atoms with E-state index in [2.05, 4.69) is 4.90 Å². The second kappa shape index (κ2) is 4.56. The van der Waals surface area contributed by atoms with Crippen LogP contribution in [-0.4, -0.2) is 30.6 Å². The Morgan fingerprint density at radius 1 is 1.33 bits per heavy atom. The fraction of sp³-hybridized carbons (Fsp3) is 0.500. The molecule has 1 saturated carbocycles. The van der Waals surface area contributed by atoms with E-state index in [1.165, 1.54) is 0 Å². The van der Waals surface area contributed by atoms with Gasteiger partial charge in [0.25, 0.3) is 0 Å². The molecule has 0 radical (unpaired) electrons. The molecule has 1 aromatic carbocycles. The molecule has 1 saturated heterocycles. The number of anilines is 1. The van der Waals surface area contributed by atoms with Gasteiger partial charge in [-0.2, -0.15) is 0 Å². The SMILES string of the molecule is O=Cc1cccc(Cl)c1N1CC2CCC(O)C2C1. The molecule has 96 valence electrons. The third-order valence-electron chi connectivity index (χ3n) is 4.28. The van der Waals surface area contributed by atoms with Crippen molar-refractivity contribution in [2.24, 2.45) is 11.8 Å². The van der Waals surface area contributed by atoms with Crippen LogP contribution in [0.25, 0.3) is 0 Å². The van der Waals surface area contributed by atoms with Gasteiger partial charge in [-0.25, -0.2) is 0 Å². The lowest BCUT2D eigenvalue weighted by Crippen LogP contribution is -2.25. The van der Waals surface area contributed by atoms with Gasteiger partial charge in [-0.1, -0.05) is 17.7 Å². The second-order valence-electron chi connectivity index (χ2n) is 5.27. The smallest absolute Gasteiger partial charge is 0.152 e. The summed E-state index contributed by atoms with van der Waals surface area (Å²) < 4.78 is 0. The molecule has 2 fully saturated rings. The first-order valence-electron chi connectivity index (χ1n) is 6.37. The van der Waals surface area contributed by atoms with E-state index in [1.807, 2.05) is 6.07 Å². The molecule has 1 N–H and O–H groups in total. The van der Waals surface area contributed by atoms with Gasteiger partial charge in [0.1, 0.15) is 0 Å². The van der Waals surface area contributed by atoms with Crippen LogP contribution in [0, 0.1) is 11.8 Å². The van der Waals surface area contributed by atoms with Crippen LogP contribution in [0.2, 0.25) is 5.02 Å². The number of carbonyl (C=O) groups is 1. The number of halogens is 1. The predicted molar refractivity (Wildman–Crippen MR) is 71.3 cm³/mol. The number of aliphatic hydroxyl groups is 1. The Morgan fingerprint density at radius 3 is 2.89 bits per heavy atom. The molecule has 1 aliphatic heterocycles. The minimum absolute atomic E-state index is 0.192. The van der Waals surface area contributed by atoms with Crippen LogP contribution in [0.3, 0.4) is 0 Å². The first kappa shape index (κ1) is 12.0. The largest absolute Gasteiger partial charge is 0.393 e. The van der Waals surface area contributed by atoms with Crippen molar-refractivity contribution in [2.75, 3.05) is 18.0 Å². The number of aldehydes is 1. The summed E-state index contributed by atoms with van der Waals surface area (Å²) in [6.45, 7) is 1.70. The number of rotatable bonds is 2. The highest BCUT2D eigenvalue weighted by atomic mass is 35.5. The van der Waals surface area contributed by atoms with E-state index in [0.717, 1.165) is 37.9 Å². The van der Waals surface area contributed by atoms with Crippen molar-refractivity contribution in [1.82, 2.24) is 0 Å². The Bertz CT molecular complexity index is 477. The minimum atomic E-state index is -0.192. The number of nitrogens with zero attached hydrogens (tertiary/aromatic N) is 1. The Kier molecular flexibility index (Phi) is 3.04. The average molecular weight is 266 g/mol. The molecule has 0 bridgehead atoms. The summed E-state index contributed by atoms with van der Waals surface area (Å²) >= 11 is 6.22. The van der Waals surface area contributed by atoms with Crippen LogP contribution >= 0.6 is 11.6 Å². The number of carbonyl (C=O) groups excluding carboxylic acids is 1. The lowest BCUT2D eigenvalue weighted by Gasteiger charge is -2.23. The molecular formula is C14H16ClNO2. The maximum absolute atomic E-state index is 11.1. The first-order valence-corrected chi connectivity index (χ1v) is 6.75. The highest BCUT2D eigenvalue weighted by molar-refractivity contribution is 6.33. The molecule has 3 nitrogen and oxygen atoms in total. The highest BCUT2D eigenvalue weighted by Crippen LogP contribution is 2.42. The van der Waals surface area contributed by atoms with E-state index >= 15 is 0 Å². The molecule has 3 unspecified atom stereocenters. The van der Waals surface area contributed by atoms with Gasteiger partial charge in [-0.3, -0.25) is 4.79 Å². The van der Waals surface area contributed by atoms with Gasteiger partial charge >= 0.3 is 0 Å². The molecule has 2 aliphatic rings. The fourth-order valence-corrected chi connectivity index (χ4v) is 3.68. The molecule has 3 atom stereocenters. The van der Waals surface area contributed by atoms with Crippen molar-refractivity contribution < 1.29 is 9.90 Å². The van der Waals surface area contributed by atoms with Gasteiger partial charge in [0, 0.05) is 24.6 Å². The van der Waals surface area contributed by atoms with E-state index in [0.29, 0.717) is 22.4 Å². The van der Waals surface area contributed by atoms with Crippen LogP contribution in [0.5, 0.6) is 0 Å². The van der Waals surface area contributed by atoms with Crippen LogP contribution in [0.15, 0.2) is 18.2 Å². The fourth-order valence-electron chi connectivity index (χ4n) is 3.38. The van der Waals surface area contributed by atoms with Crippen molar-refractivity contribution >= 4 is 23.6 Å². The summed E-state index contributed by atoms with van der Waals surface area (Å²) in [5.74, 6) is 0.872. The van der Waals surface area contributed by atoms with Gasteiger partial charge in [0.2, 0.25) is 0 Å². The summed E-state index contributed by atoms with van der Waals surface area (Å²) in [4.78, 5) is 13.3. The monoisotopic (exact) mass is 265 g/mol. The quantitative estimate of drug-likeness (QED) is 0.835. The zero-order valence-electron chi connectivity index (χ0n) is 10.1. The van der Waals surface area contributed by atoms with Gasteiger partial charge < -0.3 is 10.0 Å². The molecule has 1 aromatic rings. The van der Waals surface area contributed by atoms with E-state index < -0.39 is 0 Å². The van der Waals surface area contributed by atoms with Gasteiger partial charge in [-0.05, 0) is 30.9 Å². The number of para-hydroxylation sites is 1. The van der Waals surface area contributed by atoms with Crippen molar-refractivity contribution in [3.63, 3.8) is 0 Å². The second-order valence-corrected chi connectivity index (χ2v) is 5.68. The maximum Gasteiger partial charge on any atom is 0.152 e. The summed E-state index contributed by atoms with van der Waals surface area (Å²) in [6.07, 6.45) is 2.64. The maximum atomic E-state index is 11.1. The average Bonchev–Trinajstić information content (AvgIpc) is 2.91. The molecule has 3 rings (SSSR count). The number of hydrogen-bond donors (Lipinski definition) is 1. The number of benzene rings is 1. The number of fused-ring (bicyclic) bond motifs is 1. The highest BCUT2D eigenvalue weighted by Gasteiger charge is 2.42. The summed E-state index contributed by atoms with van der Waals surface area (Å²) in [5, 5.41) is 10.6. The summed E-state index contributed by atoms with van der Waals surface area (Å²) in [7, 11) is 0. The Morgan fingerprint density at radius 2 is 2.17 bits per heavy atom. The van der Waals surface area contributed by atoms with E-state index in [4.69, 9.17) is 11.6 Å². The van der Waals surface area contributed by atoms with Crippen LogP contribution in [0.1, 0.15) is 23.2 Å². The lowest BCUT2D eigenvalue weighted by atomic mass is 10.00. The Balaban J connectivity index is 1.91.